The summed E-state index contributed by atoms with van der Waals surface area (Å²) < 4.78 is 1.82. The second kappa shape index (κ2) is 8.19. The van der Waals surface area contributed by atoms with Gasteiger partial charge in [0.05, 0.1) is 16.7 Å². The number of anilines is 1. The number of aryl methyl sites for hydroxylation is 1. The normalized spacial score (nSPS) is 14.5. The standard InChI is InChI=1S/C22H23N3O2S/c1-15-10-12-16(13-11-15)23-20(26)14-28-22-24-19-9-5-4-8-18(19)21(27)25(22)17-6-2-3-7-17/h4-5,8-13,17H,2-3,6-7,14H2,1H3,(H,23,26). The molecule has 0 aliphatic heterocycles. The van der Waals surface area contributed by atoms with Gasteiger partial charge in [-0.05, 0) is 44.0 Å². The van der Waals surface area contributed by atoms with E-state index >= 15 is 0 Å². The molecule has 1 aliphatic rings. The third-order valence-corrected chi connectivity index (χ3v) is 6.09. The zero-order valence-electron chi connectivity index (χ0n) is 15.9. The van der Waals surface area contributed by atoms with Crippen LogP contribution in [0.4, 0.5) is 5.69 Å². The number of carbonyl (C=O) groups is 1. The van der Waals surface area contributed by atoms with Crippen LogP contribution < -0.4 is 10.9 Å². The summed E-state index contributed by atoms with van der Waals surface area (Å²) in [5.41, 5.74) is 2.60. The average molecular weight is 394 g/mol. The van der Waals surface area contributed by atoms with Crippen molar-refractivity contribution in [3.8, 4) is 0 Å². The summed E-state index contributed by atoms with van der Waals surface area (Å²) >= 11 is 1.33. The SMILES string of the molecule is Cc1ccc(NC(=O)CSc2nc3ccccc3c(=O)n2C2CCCC2)cc1. The Morgan fingerprint density at radius 1 is 1.14 bits per heavy atom. The third kappa shape index (κ3) is 3.97. The van der Waals surface area contributed by atoms with Crippen LogP contribution in [0, 0.1) is 6.92 Å². The van der Waals surface area contributed by atoms with Gasteiger partial charge in [0.25, 0.3) is 5.56 Å². The summed E-state index contributed by atoms with van der Waals surface area (Å²) in [6.07, 6.45) is 4.23. The van der Waals surface area contributed by atoms with Crippen molar-refractivity contribution in [3.05, 3.63) is 64.4 Å². The fourth-order valence-corrected chi connectivity index (χ4v) is 4.54. The molecule has 1 N–H and O–H groups in total. The molecule has 1 heterocycles. The van der Waals surface area contributed by atoms with Gasteiger partial charge >= 0.3 is 0 Å². The lowest BCUT2D eigenvalue weighted by molar-refractivity contribution is -0.113. The highest BCUT2D eigenvalue weighted by atomic mass is 32.2. The molecular formula is C22H23N3O2S. The van der Waals surface area contributed by atoms with E-state index < -0.39 is 0 Å². The highest BCUT2D eigenvalue weighted by Crippen LogP contribution is 2.32. The summed E-state index contributed by atoms with van der Waals surface area (Å²) in [6.45, 7) is 2.01. The molecule has 6 heteroatoms. The molecule has 0 saturated heterocycles. The molecule has 144 valence electrons. The van der Waals surface area contributed by atoms with Crippen molar-refractivity contribution < 1.29 is 4.79 Å². The van der Waals surface area contributed by atoms with Crippen molar-refractivity contribution in [3.63, 3.8) is 0 Å². The number of thioether (sulfide) groups is 1. The van der Waals surface area contributed by atoms with Crippen molar-refractivity contribution in [2.45, 2.75) is 43.8 Å². The molecule has 4 rings (SSSR count). The first kappa shape index (κ1) is 18.7. The summed E-state index contributed by atoms with van der Waals surface area (Å²) in [7, 11) is 0. The van der Waals surface area contributed by atoms with Crippen LogP contribution in [0.1, 0.15) is 37.3 Å². The molecule has 0 radical (unpaired) electrons. The van der Waals surface area contributed by atoms with E-state index in [1.807, 2.05) is 60.0 Å². The highest BCUT2D eigenvalue weighted by Gasteiger charge is 2.23. The minimum atomic E-state index is -0.103. The van der Waals surface area contributed by atoms with Crippen molar-refractivity contribution in [2.75, 3.05) is 11.1 Å². The first-order chi connectivity index (χ1) is 13.6. The number of hydrogen-bond donors (Lipinski definition) is 1. The predicted octanol–water partition coefficient (Wildman–Crippen LogP) is 4.55. The molecule has 5 nitrogen and oxygen atoms in total. The zero-order valence-corrected chi connectivity index (χ0v) is 16.7. The topological polar surface area (TPSA) is 64.0 Å². The van der Waals surface area contributed by atoms with Gasteiger partial charge in [0.1, 0.15) is 0 Å². The maximum absolute atomic E-state index is 13.1. The Balaban J connectivity index is 1.58. The van der Waals surface area contributed by atoms with Crippen LogP contribution in [0.15, 0.2) is 58.5 Å². The molecule has 0 atom stereocenters. The van der Waals surface area contributed by atoms with Gasteiger partial charge in [-0.15, -0.1) is 0 Å². The molecule has 1 aromatic heterocycles. The second-order valence-electron chi connectivity index (χ2n) is 7.23. The molecular weight excluding hydrogens is 370 g/mol. The average Bonchev–Trinajstić information content (AvgIpc) is 3.22. The van der Waals surface area contributed by atoms with E-state index in [1.165, 1.54) is 11.8 Å². The summed E-state index contributed by atoms with van der Waals surface area (Å²) in [4.78, 5) is 30.2. The van der Waals surface area contributed by atoms with E-state index in [0.29, 0.717) is 16.1 Å². The molecule has 1 saturated carbocycles. The number of benzene rings is 2. The van der Waals surface area contributed by atoms with Crippen LogP contribution in [-0.4, -0.2) is 21.2 Å². The van der Waals surface area contributed by atoms with Gasteiger partial charge in [0.15, 0.2) is 5.16 Å². The minimum Gasteiger partial charge on any atom is -0.325 e. The maximum Gasteiger partial charge on any atom is 0.262 e. The molecule has 0 spiro atoms. The molecule has 3 aromatic rings. The maximum atomic E-state index is 13.1. The lowest BCUT2D eigenvalue weighted by Crippen LogP contribution is -2.27. The van der Waals surface area contributed by atoms with Gasteiger partial charge in [-0.2, -0.15) is 0 Å². The second-order valence-corrected chi connectivity index (χ2v) is 8.17. The largest absolute Gasteiger partial charge is 0.325 e. The van der Waals surface area contributed by atoms with Crippen LogP contribution in [0.3, 0.4) is 0 Å². The molecule has 1 amide bonds. The van der Waals surface area contributed by atoms with Crippen molar-refractivity contribution in [1.29, 1.82) is 0 Å². The summed E-state index contributed by atoms with van der Waals surface area (Å²) in [6, 6.07) is 15.3. The van der Waals surface area contributed by atoms with Crippen molar-refractivity contribution in [1.82, 2.24) is 9.55 Å². The Labute approximate surface area is 168 Å². The Morgan fingerprint density at radius 3 is 2.61 bits per heavy atom. The number of fused-ring (bicyclic) bond motifs is 1. The number of aromatic nitrogens is 2. The quantitative estimate of drug-likeness (QED) is 0.510. The van der Waals surface area contributed by atoms with Crippen LogP contribution >= 0.6 is 11.8 Å². The first-order valence-corrected chi connectivity index (χ1v) is 10.6. The Hall–Kier alpha value is -2.60. The van der Waals surface area contributed by atoms with E-state index in [-0.39, 0.29) is 23.3 Å². The van der Waals surface area contributed by atoms with Crippen molar-refractivity contribution in [2.24, 2.45) is 0 Å². The summed E-state index contributed by atoms with van der Waals surface area (Å²) in [5, 5.41) is 4.18. The fourth-order valence-electron chi connectivity index (χ4n) is 3.68. The number of rotatable bonds is 5. The van der Waals surface area contributed by atoms with E-state index in [9.17, 15) is 9.59 Å². The van der Waals surface area contributed by atoms with Crippen LogP contribution in [-0.2, 0) is 4.79 Å². The van der Waals surface area contributed by atoms with Gasteiger partial charge in [-0.1, -0.05) is 54.4 Å². The van der Waals surface area contributed by atoms with E-state index in [4.69, 9.17) is 4.98 Å². The van der Waals surface area contributed by atoms with Crippen LogP contribution in [0.25, 0.3) is 10.9 Å². The number of amides is 1. The molecule has 1 aliphatic carbocycles. The Bertz CT molecular complexity index is 1050. The summed E-state index contributed by atoms with van der Waals surface area (Å²) in [5.74, 6) is 0.111. The molecule has 2 aromatic carbocycles. The van der Waals surface area contributed by atoms with Gasteiger partial charge in [0.2, 0.25) is 5.91 Å². The number of carbonyl (C=O) groups excluding carboxylic acids is 1. The van der Waals surface area contributed by atoms with E-state index in [1.54, 1.807) is 0 Å². The van der Waals surface area contributed by atoms with E-state index in [0.717, 1.165) is 36.9 Å². The smallest absolute Gasteiger partial charge is 0.262 e. The van der Waals surface area contributed by atoms with Gasteiger partial charge in [-0.25, -0.2) is 4.98 Å². The molecule has 0 bridgehead atoms. The Morgan fingerprint density at radius 2 is 1.86 bits per heavy atom. The first-order valence-electron chi connectivity index (χ1n) is 9.62. The van der Waals surface area contributed by atoms with Gasteiger partial charge in [-0.3, -0.25) is 14.2 Å². The van der Waals surface area contributed by atoms with Crippen LogP contribution in [0.5, 0.6) is 0 Å². The lowest BCUT2D eigenvalue weighted by atomic mass is 10.2. The number of para-hydroxylation sites is 1. The molecule has 28 heavy (non-hydrogen) atoms. The lowest BCUT2D eigenvalue weighted by Gasteiger charge is -2.18. The fraction of sp³-hybridized carbons (Fsp3) is 0.318. The molecule has 0 unspecified atom stereocenters. The Kier molecular flexibility index (Phi) is 5.48. The third-order valence-electron chi connectivity index (χ3n) is 5.13. The van der Waals surface area contributed by atoms with Gasteiger partial charge < -0.3 is 5.32 Å². The van der Waals surface area contributed by atoms with Crippen molar-refractivity contribution >= 4 is 34.3 Å². The predicted molar refractivity (Wildman–Crippen MR) is 114 cm³/mol. The molecule has 1 fully saturated rings. The van der Waals surface area contributed by atoms with Gasteiger partial charge in [0, 0.05) is 11.7 Å². The minimum absolute atomic E-state index is 0.000979. The van der Waals surface area contributed by atoms with E-state index in [2.05, 4.69) is 5.32 Å². The zero-order chi connectivity index (χ0) is 19.5. The van der Waals surface area contributed by atoms with Crippen LogP contribution in [0.2, 0.25) is 0 Å². The highest BCUT2D eigenvalue weighted by molar-refractivity contribution is 7.99. The monoisotopic (exact) mass is 393 g/mol. The number of nitrogens with one attached hydrogen (secondary N) is 1. The number of hydrogen-bond acceptors (Lipinski definition) is 4. The number of nitrogens with zero attached hydrogens (tertiary/aromatic N) is 2.